The summed E-state index contributed by atoms with van der Waals surface area (Å²) in [5.41, 5.74) is 2.90. The quantitative estimate of drug-likeness (QED) is 0.233. The highest BCUT2D eigenvalue weighted by Crippen LogP contribution is 2.43. The third kappa shape index (κ3) is 5.59. The van der Waals surface area contributed by atoms with Crippen LogP contribution in [0.1, 0.15) is 41.5 Å². The summed E-state index contributed by atoms with van der Waals surface area (Å²) in [6, 6.07) is 16.5. The van der Waals surface area contributed by atoms with Gasteiger partial charge in [-0.05, 0) is 73.6 Å². The van der Waals surface area contributed by atoms with E-state index < -0.39 is 15.1 Å². The van der Waals surface area contributed by atoms with Crippen LogP contribution in [-0.2, 0) is 16.4 Å². The Kier molecular flexibility index (Phi) is 8.36. The van der Waals surface area contributed by atoms with Gasteiger partial charge >= 0.3 is 0 Å². The Hall–Kier alpha value is -2.35. The zero-order valence-corrected chi connectivity index (χ0v) is 23.8. The minimum absolute atomic E-state index is 0.0329. The summed E-state index contributed by atoms with van der Waals surface area (Å²) < 4.78 is 28.8. The predicted octanol–water partition coefficient (Wildman–Crippen LogP) is 7.61. The van der Waals surface area contributed by atoms with E-state index in [1.54, 1.807) is 54.6 Å². The third-order valence-corrected chi connectivity index (χ3v) is 9.71. The molecule has 0 spiro atoms. The van der Waals surface area contributed by atoms with Gasteiger partial charge < -0.3 is 5.11 Å². The molecule has 0 fully saturated rings. The van der Waals surface area contributed by atoms with Crippen LogP contribution in [-0.4, -0.2) is 36.5 Å². The standard InChI is InChI=1S/C28H27Cl3N2O3S/c1-4-33(5-2)16-19-14-18(9-12-25(19)34)28(37(35,36)26-8-6-7-23(30)27(26)31)22-13-17(3)32-24-15-20(29)10-11-21(22)24/h6-15,28,34H,4-5,16H2,1-3H3. The number of halogens is 3. The summed E-state index contributed by atoms with van der Waals surface area (Å²) in [6.45, 7) is 7.93. The van der Waals surface area contributed by atoms with Crippen molar-refractivity contribution >= 4 is 55.5 Å². The van der Waals surface area contributed by atoms with E-state index in [0.717, 1.165) is 13.1 Å². The molecule has 0 bridgehead atoms. The van der Waals surface area contributed by atoms with Crippen molar-refractivity contribution in [1.29, 1.82) is 0 Å². The van der Waals surface area contributed by atoms with Crippen molar-refractivity contribution < 1.29 is 13.5 Å². The van der Waals surface area contributed by atoms with E-state index in [4.69, 9.17) is 34.8 Å². The van der Waals surface area contributed by atoms with Crippen molar-refractivity contribution in [2.45, 2.75) is 37.5 Å². The number of phenolic OH excluding ortho intramolecular Hbond substituents is 1. The SMILES string of the molecule is CCN(CC)Cc1cc(C(c2cc(C)nc3cc(Cl)ccc23)S(=O)(=O)c2cccc(Cl)c2Cl)ccc1O. The first kappa shape index (κ1) is 27.7. The maximum Gasteiger partial charge on any atom is 0.191 e. The average Bonchev–Trinajstić information content (AvgIpc) is 2.85. The van der Waals surface area contributed by atoms with E-state index in [-0.39, 0.29) is 20.7 Å². The molecule has 1 unspecified atom stereocenters. The number of rotatable bonds is 8. The summed E-state index contributed by atoms with van der Waals surface area (Å²) in [6.07, 6.45) is 0. The fraction of sp³-hybridized carbons (Fsp3) is 0.250. The minimum atomic E-state index is -4.12. The molecule has 0 amide bonds. The number of sulfone groups is 1. The van der Waals surface area contributed by atoms with Crippen molar-refractivity contribution in [3.63, 3.8) is 0 Å². The van der Waals surface area contributed by atoms with E-state index in [2.05, 4.69) is 9.88 Å². The topological polar surface area (TPSA) is 70.5 Å². The van der Waals surface area contributed by atoms with E-state index in [1.165, 1.54) is 6.07 Å². The van der Waals surface area contributed by atoms with Crippen LogP contribution in [0.15, 0.2) is 65.6 Å². The summed E-state index contributed by atoms with van der Waals surface area (Å²) in [5.74, 6) is 0.107. The van der Waals surface area contributed by atoms with Crippen molar-refractivity contribution in [1.82, 2.24) is 9.88 Å². The third-order valence-electron chi connectivity index (χ3n) is 6.44. The van der Waals surface area contributed by atoms with Gasteiger partial charge in [0.1, 0.15) is 11.0 Å². The van der Waals surface area contributed by atoms with Crippen molar-refractivity contribution in [2.24, 2.45) is 0 Å². The van der Waals surface area contributed by atoms with Gasteiger partial charge in [-0.25, -0.2) is 8.42 Å². The highest BCUT2D eigenvalue weighted by molar-refractivity contribution is 7.92. The van der Waals surface area contributed by atoms with Gasteiger partial charge in [-0.2, -0.15) is 0 Å². The zero-order chi connectivity index (χ0) is 26.9. The molecule has 1 heterocycles. The number of aromatic hydroxyl groups is 1. The second kappa shape index (κ2) is 11.2. The largest absolute Gasteiger partial charge is 0.508 e. The lowest BCUT2D eigenvalue weighted by Gasteiger charge is -2.24. The summed E-state index contributed by atoms with van der Waals surface area (Å²) in [4.78, 5) is 6.65. The Morgan fingerprint density at radius 2 is 1.70 bits per heavy atom. The highest BCUT2D eigenvalue weighted by Gasteiger charge is 2.35. The Morgan fingerprint density at radius 3 is 2.41 bits per heavy atom. The number of fused-ring (bicyclic) bond motifs is 1. The maximum atomic E-state index is 14.4. The zero-order valence-electron chi connectivity index (χ0n) is 20.7. The first-order chi connectivity index (χ1) is 17.6. The lowest BCUT2D eigenvalue weighted by atomic mass is 9.97. The Labute approximate surface area is 232 Å². The van der Waals surface area contributed by atoms with Crippen molar-refractivity contribution in [3.05, 3.63) is 98.1 Å². The molecule has 3 aromatic carbocycles. The number of hydrogen-bond donors (Lipinski definition) is 1. The minimum Gasteiger partial charge on any atom is -0.508 e. The van der Waals surface area contributed by atoms with Crippen LogP contribution in [0.5, 0.6) is 5.75 Å². The van der Waals surface area contributed by atoms with Crippen LogP contribution >= 0.6 is 34.8 Å². The second-order valence-corrected chi connectivity index (χ2v) is 12.1. The normalized spacial score (nSPS) is 12.8. The van der Waals surface area contributed by atoms with Gasteiger partial charge in [-0.15, -0.1) is 0 Å². The van der Waals surface area contributed by atoms with Gasteiger partial charge in [0.05, 0.1) is 20.5 Å². The highest BCUT2D eigenvalue weighted by atomic mass is 35.5. The molecule has 0 aliphatic heterocycles. The lowest BCUT2D eigenvalue weighted by molar-refractivity contribution is 0.290. The Balaban J connectivity index is 2.04. The molecule has 4 rings (SSSR count). The average molecular weight is 578 g/mol. The van der Waals surface area contributed by atoms with Crippen LogP contribution in [0.25, 0.3) is 10.9 Å². The number of benzene rings is 3. The number of hydrogen-bond acceptors (Lipinski definition) is 5. The molecular formula is C28H27Cl3N2O3S. The molecule has 37 heavy (non-hydrogen) atoms. The van der Waals surface area contributed by atoms with Crippen LogP contribution < -0.4 is 0 Å². The summed E-state index contributed by atoms with van der Waals surface area (Å²) in [7, 11) is -4.12. The van der Waals surface area contributed by atoms with Gasteiger partial charge in [0, 0.05) is 28.2 Å². The first-order valence-electron chi connectivity index (χ1n) is 11.9. The smallest absolute Gasteiger partial charge is 0.191 e. The maximum absolute atomic E-state index is 14.4. The van der Waals surface area contributed by atoms with Gasteiger partial charge in [0.15, 0.2) is 9.84 Å². The van der Waals surface area contributed by atoms with Gasteiger partial charge in [-0.1, -0.05) is 66.8 Å². The molecule has 1 atom stereocenters. The molecule has 0 aliphatic rings. The predicted molar refractivity (Wildman–Crippen MR) is 152 cm³/mol. The number of aromatic nitrogens is 1. The van der Waals surface area contributed by atoms with Crippen molar-refractivity contribution in [3.8, 4) is 5.75 Å². The molecule has 5 nitrogen and oxygen atoms in total. The molecule has 0 saturated carbocycles. The first-order valence-corrected chi connectivity index (χ1v) is 14.5. The van der Waals surface area contributed by atoms with Crippen LogP contribution in [0.4, 0.5) is 0 Å². The number of pyridine rings is 1. The fourth-order valence-corrected chi connectivity index (χ4v) is 7.28. The van der Waals surface area contributed by atoms with Gasteiger partial charge in [-0.3, -0.25) is 9.88 Å². The van der Waals surface area contributed by atoms with Crippen LogP contribution in [0, 0.1) is 6.92 Å². The molecular weight excluding hydrogens is 551 g/mol. The van der Waals surface area contributed by atoms with E-state index in [9.17, 15) is 13.5 Å². The van der Waals surface area contributed by atoms with E-state index >= 15 is 0 Å². The molecule has 0 aliphatic carbocycles. The molecule has 0 radical (unpaired) electrons. The van der Waals surface area contributed by atoms with Crippen molar-refractivity contribution in [2.75, 3.05) is 13.1 Å². The molecule has 0 saturated heterocycles. The Bertz CT molecular complexity index is 1570. The lowest BCUT2D eigenvalue weighted by Crippen LogP contribution is -2.22. The summed E-state index contributed by atoms with van der Waals surface area (Å²) in [5, 5.41) is 10.8. The number of aryl methyl sites for hydroxylation is 1. The monoisotopic (exact) mass is 576 g/mol. The molecule has 194 valence electrons. The van der Waals surface area contributed by atoms with E-state index in [0.29, 0.717) is 44.9 Å². The Morgan fingerprint density at radius 1 is 0.973 bits per heavy atom. The number of phenols is 1. The van der Waals surface area contributed by atoms with E-state index in [1.807, 2.05) is 20.8 Å². The molecule has 1 aromatic heterocycles. The van der Waals surface area contributed by atoms with Gasteiger partial charge in [0.2, 0.25) is 0 Å². The molecule has 1 N–H and O–H groups in total. The fourth-order valence-electron chi connectivity index (χ4n) is 4.52. The van der Waals surface area contributed by atoms with Crippen LogP contribution in [0.2, 0.25) is 15.1 Å². The van der Waals surface area contributed by atoms with Crippen LogP contribution in [0.3, 0.4) is 0 Å². The molecule has 4 aromatic rings. The molecule has 9 heteroatoms. The number of nitrogens with zero attached hydrogens (tertiary/aromatic N) is 2. The second-order valence-electron chi connectivity index (χ2n) is 8.84. The summed E-state index contributed by atoms with van der Waals surface area (Å²) >= 11 is 18.9. The van der Waals surface area contributed by atoms with Gasteiger partial charge in [0.25, 0.3) is 0 Å².